The van der Waals surface area contributed by atoms with Crippen LogP contribution >= 0.6 is 0 Å². The van der Waals surface area contributed by atoms with Crippen molar-refractivity contribution in [3.8, 4) is 0 Å². The molecule has 4 heteroatoms. The molecular formula is C13H26N2O2. The van der Waals surface area contributed by atoms with Gasteiger partial charge in [-0.15, -0.1) is 0 Å². The summed E-state index contributed by atoms with van der Waals surface area (Å²) >= 11 is 0. The summed E-state index contributed by atoms with van der Waals surface area (Å²) in [6.07, 6.45) is 3.80. The lowest BCUT2D eigenvalue weighted by atomic mass is 9.94. The molecule has 1 rings (SSSR count). The van der Waals surface area contributed by atoms with Crippen molar-refractivity contribution in [1.29, 1.82) is 0 Å². The minimum Gasteiger partial charge on any atom is -0.468 e. The van der Waals surface area contributed by atoms with E-state index < -0.39 is 0 Å². The highest BCUT2D eigenvalue weighted by atomic mass is 16.5. The van der Waals surface area contributed by atoms with Gasteiger partial charge in [0.25, 0.3) is 0 Å². The van der Waals surface area contributed by atoms with Crippen LogP contribution in [0.25, 0.3) is 0 Å². The zero-order chi connectivity index (χ0) is 12.7. The molecule has 0 aliphatic carbocycles. The molecule has 0 radical (unpaired) electrons. The molecule has 4 nitrogen and oxygen atoms in total. The Bertz CT molecular complexity index is 225. The van der Waals surface area contributed by atoms with Crippen molar-refractivity contribution in [2.24, 2.45) is 5.92 Å². The van der Waals surface area contributed by atoms with E-state index in [1.54, 1.807) is 0 Å². The van der Waals surface area contributed by atoms with E-state index >= 15 is 0 Å². The number of carbonyl (C=O) groups is 1. The molecule has 1 atom stereocenters. The van der Waals surface area contributed by atoms with Crippen molar-refractivity contribution in [2.45, 2.75) is 39.2 Å². The van der Waals surface area contributed by atoms with Gasteiger partial charge in [0, 0.05) is 6.54 Å². The van der Waals surface area contributed by atoms with Gasteiger partial charge < -0.3 is 15.0 Å². The number of rotatable bonds is 6. The molecule has 1 unspecified atom stereocenters. The van der Waals surface area contributed by atoms with E-state index in [4.69, 9.17) is 4.74 Å². The second-order valence-corrected chi connectivity index (χ2v) is 4.79. The molecule has 17 heavy (non-hydrogen) atoms. The van der Waals surface area contributed by atoms with Gasteiger partial charge in [-0.1, -0.05) is 20.3 Å². The van der Waals surface area contributed by atoms with E-state index in [0.29, 0.717) is 0 Å². The first-order valence-electron chi connectivity index (χ1n) is 6.74. The van der Waals surface area contributed by atoms with Crippen molar-refractivity contribution in [3.05, 3.63) is 0 Å². The van der Waals surface area contributed by atoms with Crippen LogP contribution in [0.2, 0.25) is 0 Å². The highest BCUT2D eigenvalue weighted by molar-refractivity contribution is 5.75. The molecule has 1 aliphatic heterocycles. The number of carbonyl (C=O) groups excluding carboxylic acids is 1. The summed E-state index contributed by atoms with van der Waals surface area (Å²) in [4.78, 5) is 14.0. The fraction of sp³-hybridized carbons (Fsp3) is 0.923. The molecule has 0 aromatic heterocycles. The number of nitrogens with one attached hydrogen (secondary N) is 1. The van der Waals surface area contributed by atoms with Crippen molar-refractivity contribution >= 4 is 5.97 Å². The van der Waals surface area contributed by atoms with Crippen LogP contribution < -0.4 is 5.32 Å². The van der Waals surface area contributed by atoms with Gasteiger partial charge in [0.1, 0.15) is 6.04 Å². The third-order valence-electron chi connectivity index (χ3n) is 3.66. The Morgan fingerprint density at radius 3 is 2.53 bits per heavy atom. The number of piperidine rings is 1. The number of methoxy groups -OCH3 is 1. The van der Waals surface area contributed by atoms with Gasteiger partial charge in [-0.2, -0.15) is 0 Å². The van der Waals surface area contributed by atoms with Crippen LogP contribution in [0.5, 0.6) is 0 Å². The summed E-state index contributed by atoms with van der Waals surface area (Å²) in [5.41, 5.74) is 0. The average molecular weight is 242 g/mol. The second-order valence-electron chi connectivity index (χ2n) is 4.79. The Hall–Kier alpha value is -0.610. The number of likely N-dealkylation sites (N-methyl/N-ethyl adjacent to an activating group) is 1. The first kappa shape index (κ1) is 14.5. The number of nitrogens with zero attached hydrogens (tertiary/aromatic N) is 1. The van der Waals surface area contributed by atoms with Crippen LogP contribution in [0.1, 0.15) is 33.1 Å². The summed E-state index contributed by atoms with van der Waals surface area (Å²) in [7, 11) is 1.45. The summed E-state index contributed by atoms with van der Waals surface area (Å²) in [5, 5.41) is 3.19. The van der Waals surface area contributed by atoms with Gasteiger partial charge in [-0.3, -0.25) is 4.79 Å². The van der Waals surface area contributed by atoms with Crippen molar-refractivity contribution < 1.29 is 9.53 Å². The van der Waals surface area contributed by atoms with Gasteiger partial charge in [0.2, 0.25) is 0 Å². The van der Waals surface area contributed by atoms with E-state index in [2.05, 4.69) is 17.1 Å². The number of hydrogen-bond acceptors (Lipinski definition) is 4. The summed E-state index contributed by atoms with van der Waals surface area (Å²) in [6, 6.07) is -0.178. The highest BCUT2D eigenvalue weighted by Crippen LogP contribution is 2.19. The molecule has 0 spiro atoms. The van der Waals surface area contributed by atoms with Crippen molar-refractivity contribution in [2.75, 3.05) is 33.3 Å². The Balaban J connectivity index is 2.37. The zero-order valence-corrected chi connectivity index (χ0v) is 11.4. The first-order valence-corrected chi connectivity index (χ1v) is 6.74. The second kappa shape index (κ2) is 7.67. The normalized spacial score (nSPS) is 20.2. The minimum atomic E-state index is -0.178. The third kappa shape index (κ3) is 4.64. The Kier molecular flexibility index (Phi) is 6.52. The van der Waals surface area contributed by atoms with E-state index in [1.165, 1.54) is 26.4 Å². The molecule has 100 valence electrons. The summed E-state index contributed by atoms with van der Waals surface area (Å²) < 4.78 is 4.82. The topological polar surface area (TPSA) is 41.6 Å². The maximum Gasteiger partial charge on any atom is 0.324 e. The zero-order valence-electron chi connectivity index (χ0n) is 11.4. The highest BCUT2D eigenvalue weighted by Gasteiger charge is 2.24. The molecule has 1 saturated heterocycles. The molecule has 0 bridgehead atoms. The number of hydrogen-bond donors (Lipinski definition) is 1. The summed E-state index contributed by atoms with van der Waals surface area (Å²) in [5.74, 6) is 0.728. The molecule has 1 fully saturated rings. The minimum absolute atomic E-state index is 0.149. The molecule has 1 N–H and O–H groups in total. The van der Waals surface area contributed by atoms with Gasteiger partial charge >= 0.3 is 5.97 Å². The Morgan fingerprint density at radius 2 is 2.06 bits per heavy atom. The van der Waals surface area contributed by atoms with Crippen molar-refractivity contribution in [1.82, 2.24) is 10.2 Å². The molecule has 1 aliphatic rings. The Morgan fingerprint density at radius 1 is 1.41 bits per heavy atom. The lowest BCUT2D eigenvalue weighted by Crippen LogP contribution is -2.48. The molecule has 0 saturated carbocycles. The Labute approximate surface area is 105 Å². The van der Waals surface area contributed by atoms with Crippen LogP contribution in [0.15, 0.2) is 0 Å². The van der Waals surface area contributed by atoms with Gasteiger partial charge in [-0.05, 0) is 38.4 Å². The predicted octanol–water partition coefficient (Wildman–Crippen LogP) is 1.26. The quantitative estimate of drug-likeness (QED) is 0.712. The molecule has 0 amide bonds. The number of ether oxygens (including phenoxy) is 1. The third-order valence-corrected chi connectivity index (χ3v) is 3.66. The van der Waals surface area contributed by atoms with E-state index in [-0.39, 0.29) is 12.0 Å². The first-order chi connectivity index (χ1) is 8.21. The average Bonchev–Trinajstić information content (AvgIpc) is 2.38. The number of esters is 1. The lowest BCUT2D eigenvalue weighted by Gasteiger charge is -2.33. The van der Waals surface area contributed by atoms with E-state index in [1.807, 2.05) is 6.92 Å². The number of likely N-dealkylation sites (tertiary alicyclic amines) is 1. The van der Waals surface area contributed by atoms with Crippen LogP contribution in [-0.4, -0.2) is 50.2 Å². The fourth-order valence-electron chi connectivity index (χ4n) is 2.45. The van der Waals surface area contributed by atoms with E-state index in [0.717, 1.165) is 32.1 Å². The lowest BCUT2D eigenvalue weighted by molar-refractivity contribution is -0.143. The maximum atomic E-state index is 11.6. The largest absolute Gasteiger partial charge is 0.468 e. The molecular weight excluding hydrogens is 216 g/mol. The van der Waals surface area contributed by atoms with E-state index in [9.17, 15) is 4.79 Å². The maximum absolute atomic E-state index is 11.6. The van der Waals surface area contributed by atoms with Crippen LogP contribution in [0.3, 0.4) is 0 Å². The van der Waals surface area contributed by atoms with Crippen LogP contribution in [0.4, 0.5) is 0 Å². The van der Waals surface area contributed by atoms with Crippen LogP contribution in [0, 0.1) is 5.92 Å². The SMILES string of the molecule is CCNC(CN1CCC(CC)CC1)C(=O)OC. The van der Waals surface area contributed by atoms with Crippen LogP contribution in [-0.2, 0) is 9.53 Å². The monoisotopic (exact) mass is 242 g/mol. The van der Waals surface area contributed by atoms with Gasteiger partial charge in [-0.25, -0.2) is 0 Å². The van der Waals surface area contributed by atoms with Gasteiger partial charge in [0.15, 0.2) is 0 Å². The predicted molar refractivity (Wildman–Crippen MR) is 68.9 cm³/mol. The fourth-order valence-corrected chi connectivity index (χ4v) is 2.45. The van der Waals surface area contributed by atoms with Gasteiger partial charge in [0.05, 0.1) is 7.11 Å². The van der Waals surface area contributed by atoms with Crippen molar-refractivity contribution in [3.63, 3.8) is 0 Å². The molecule has 1 heterocycles. The molecule has 0 aromatic carbocycles. The standard InChI is InChI=1S/C13H26N2O2/c1-4-11-6-8-15(9-7-11)10-12(14-5-2)13(16)17-3/h11-12,14H,4-10H2,1-3H3. The smallest absolute Gasteiger partial charge is 0.324 e. The molecule has 0 aromatic rings. The summed E-state index contributed by atoms with van der Waals surface area (Å²) in [6.45, 7) is 8.06.